The van der Waals surface area contributed by atoms with Crippen molar-refractivity contribution in [2.24, 2.45) is 0 Å². The number of aromatic nitrogens is 1. The van der Waals surface area contributed by atoms with Crippen LogP contribution in [0.15, 0.2) is 88.8 Å². The Morgan fingerprint density at radius 2 is 1.74 bits per heavy atom. The molecule has 176 valence electrons. The molecule has 3 aromatic carbocycles. The van der Waals surface area contributed by atoms with E-state index in [-0.39, 0.29) is 0 Å². The summed E-state index contributed by atoms with van der Waals surface area (Å²) in [6.45, 7) is 6.26. The Bertz CT molecular complexity index is 1430. The highest BCUT2D eigenvalue weighted by Gasteiger charge is 2.24. The second kappa shape index (κ2) is 10.5. The van der Waals surface area contributed by atoms with Crippen LogP contribution in [0, 0.1) is 0 Å². The first-order chi connectivity index (χ1) is 17.2. The van der Waals surface area contributed by atoms with Crippen molar-refractivity contribution in [3.63, 3.8) is 0 Å². The zero-order valence-corrected chi connectivity index (χ0v) is 21.9. The van der Waals surface area contributed by atoms with Gasteiger partial charge in [0, 0.05) is 29.6 Å². The Kier molecular flexibility index (Phi) is 7.07. The molecule has 0 N–H and O–H groups in total. The molecule has 0 fully saturated rings. The van der Waals surface area contributed by atoms with Gasteiger partial charge in [-0.2, -0.15) is 4.57 Å². The molecule has 0 spiro atoms. The molecule has 0 radical (unpaired) electrons. The van der Waals surface area contributed by atoms with Crippen molar-refractivity contribution in [1.82, 2.24) is 0 Å². The minimum atomic E-state index is 0.895. The first-order valence-corrected chi connectivity index (χ1v) is 13.5. The minimum Gasteiger partial charge on any atom is -0.497 e. The molecule has 1 aliphatic heterocycles. The quantitative estimate of drug-likeness (QED) is 0.191. The normalized spacial score (nSPS) is 14.6. The molecule has 0 aliphatic carbocycles. The van der Waals surface area contributed by atoms with Gasteiger partial charge in [0.1, 0.15) is 17.0 Å². The highest BCUT2D eigenvalue weighted by Crippen LogP contribution is 2.47. The summed E-state index contributed by atoms with van der Waals surface area (Å²) in [4.78, 5) is 3.62. The molecule has 0 bridgehead atoms. The van der Waals surface area contributed by atoms with Crippen molar-refractivity contribution >= 4 is 57.2 Å². The van der Waals surface area contributed by atoms with Crippen LogP contribution in [0.25, 0.3) is 28.4 Å². The molecule has 5 rings (SSSR count). The topological polar surface area (TPSA) is 16.4 Å². The van der Waals surface area contributed by atoms with Crippen LogP contribution in [-0.2, 0) is 6.54 Å². The average molecular weight is 498 g/mol. The van der Waals surface area contributed by atoms with Crippen LogP contribution in [0.5, 0.6) is 5.75 Å². The summed E-state index contributed by atoms with van der Waals surface area (Å²) in [6, 6.07) is 23.5. The van der Waals surface area contributed by atoms with Crippen LogP contribution in [0.2, 0.25) is 0 Å². The monoisotopic (exact) mass is 497 g/mol. The molecule has 3 nitrogen and oxygen atoms in total. The van der Waals surface area contributed by atoms with Gasteiger partial charge in [-0.3, -0.25) is 0 Å². The number of thiazole rings is 1. The van der Waals surface area contributed by atoms with E-state index < -0.39 is 0 Å². The molecular weight excluding hydrogens is 468 g/mol. The highest BCUT2D eigenvalue weighted by atomic mass is 32.2. The third-order valence-corrected chi connectivity index (χ3v) is 8.31. The summed E-state index contributed by atoms with van der Waals surface area (Å²) >= 11 is 3.65. The van der Waals surface area contributed by atoms with Crippen molar-refractivity contribution in [3.8, 4) is 5.75 Å². The Balaban J connectivity index is 1.40. The number of methoxy groups -OCH3 is 1. The standard InChI is InChI=1S/C30H29N2OS2/c1-4-31-25-18-16-23(15-14-22-10-7-6-8-11-22)20-28(25)35-29(31)12-9-13-30-32(5-2)26-21-24(33-3)17-19-27(26)34-30/h6-21H,4-5H2,1-3H3/q+1. The largest absolute Gasteiger partial charge is 0.497 e. The summed E-state index contributed by atoms with van der Waals surface area (Å²) in [5, 5.41) is 2.50. The van der Waals surface area contributed by atoms with E-state index >= 15 is 0 Å². The Morgan fingerprint density at radius 1 is 0.914 bits per heavy atom. The summed E-state index contributed by atoms with van der Waals surface area (Å²) in [5.74, 6) is 0.895. The van der Waals surface area contributed by atoms with Gasteiger partial charge in [-0.1, -0.05) is 71.7 Å². The maximum absolute atomic E-state index is 5.43. The Hall–Kier alpha value is -3.28. The van der Waals surface area contributed by atoms with Gasteiger partial charge < -0.3 is 9.64 Å². The van der Waals surface area contributed by atoms with E-state index in [1.54, 1.807) is 7.11 Å². The molecular formula is C30H29N2OS2+. The van der Waals surface area contributed by atoms with E-state index in [0.717, 1.165) is 18.8 Å². The van der Waals surface area contributed by atoms with E-state index in [0.29, 0.717) is 0 Å². The second-order valence-corrected chi connectivity index (χ2v) is 10.3. The molecule has 0 saturated carbocycles. The van der Waals surface area contributed by atoms with Crippen molar-refractivity contribution in [2.75, 3.05) is 18.6 Å². The molecule has 5 heteroatoms. The van der Waals surface area contributed by atoms with Gasteiger partial charge in [0.25, 0.3) is 5.01 Å². The van der Waals surface area contributed by atoms with E-state index in [1.165, 1.54) is 42.0 Å². The fraction of sp³-hybridized carbons (Fsp3) is 0.167. The predicted molar refractivity (Wildman–Crippen MR) is 152 cm³/mol. The fourth-order valence-electron chi connectivity index (χ4n) is 4.30. The molecule has 1 aliphatic rings. The van der Waals surface area contributed by atoms with Crippen molar-refractivity contribution < 1.29 is 9.30 Å². The van der Waals surface area contributed by atoms with Crippen molar-refractivity contribution in [2.45, 2.75) is 25.3 Å². The summed E-state index contributed by atoms with van der Waals surface area (Å²) in [5.41, 5.74) is 4.94. The third kappa shape index (κ3) is 4.93. The third-order valence-electron chi connectivity index (χ3n) is 6.07. The molecule has 1 aromatic heterocycles. The molecule has 0 unspecified atom stereocenters. The number of hydrogen-bond donors (Lipinski definition) is 0. The van der Waals surface area contributed by atoms with Crippen LogP contribution in [0.1, 0.15) is 30.0 Å². The Labute approximate surface area is 215 Å². The van der Waals surface area contributed by atoms with Crippen LogP contribution < -0.4 is 14.2 Å². The molecule has 0 amide bonds. The number of allylic oxidation sites excluding steroid dienone is 2. The summed E-state index contributed by atoms with van der Waals surface area (Å²) < 4.78 is 9.12. The first-order valence-electron chi connectivity index (χ1n) is 11.9. The number of fused-ring (bicyclic) bond motifs is 2. The molecule has 0 saturated heterocycles. The van der Waals surface area contributed by atoms with Gasteiger partial charge in [-0.25, -0.2) is 0 Å². The summed E-state index contributed by atoms with van der Waals surface area (Å²) in [6.07, 6.45) is 11.0. The van der Waals surface area contributed by atoms with Gasteiger partial charge in [-0.05, 0) is 55.3 Å². The van der Waals surface area contributed by atoms with Gasteiger partial charge in [-0.15, -0.1) is 0 Å². The lowest BCUT2D eigenvalue weighted by molar-refractivity contribution is -0.665. The van der Waals surface area contributed by atoms with Gasteiger partial charge >= 0.3 is 0 Å². The summed E-state index contributed by atoms with van der Waals surface area (Å²) in [7, 11) is 1.72. The first kappa shape index (κ1) is 23.5. The molecule has 4 aromatic rings. The zero-order valence-electron chi connectivity index (χ0n) is 20.3. The van der Waals surface area contributed by atoms with Gasteiger partial charge in [0.05, 0.1) is 17.8 Å². The van der Waals surface area contributed by atoms with Gasteiger partial charge in [0.2, 0.25) is 5.52 Å². The van der Waals surface area contributed by atoms with E-state index in [9.17, 15) is 0 Å². The van der Waals surface area contributed by atoms with E-state index in [4.69, 9.17) is 4.74 Å². The number of thioether (sulfide) groups is 1. The lowest BCUT2D eigenvalue weighted by Crippen LogP contribution is -2.33. The van der Waals surface area contributed by atoms with Crippen LogP contribution in [0.3, 0.4) is 0 Å². The fourth-order valence-corrected chi connectivity index (χ4v) is 6.61. The number of aryl methyl sites for hydroxylation is 1. The number of anilines is 1. The maximum Gasteiger partial charge on any atom is 0.262 e. The zero-order chi connectivity index (χ0) is 24.2. The highest BCUT2D eigenvalue weighted by molar-refractivity contribution is 8.03. The van der Waals surface area contributed by atoms with Crippen molar-refractivity contribution in [1.29, 1.82) is 0 Å². The lowest BCUT2D eigenvalue weighted by atomic mass is 10.1. The minimum absolute atomic E-state index is 0.895. The van der Waals surface area contributed by atoms with E-state index in [1.807, 2.05) is 35.2 Å². The number of nitrogens with zero attached hydrogens (tertiary/aromatic N) is 2. The second-order valence-electron chi connectivity index (χ2n) is 8.20. The molecule has 0 atom stereocenters. The molecule has 2 heterocycles. The average Bonchev–Trinajstić information content (AvgIpc) is 3.43. The number of benzene rings is 3. The van der Waals surface area contributed by atoms with Crippen molar-refractivity contribution in [3.05, 3.63) is 100 Å². The lowest BCUT2D eigenvalue weighted by Gasteiger charge is -2.18. The maximum atomic E-state index is 5.43. The SMILES string of the molecule is CCN1C(=CC=Cc2sc3cc(C=Cc4ccccc4)ccc3[n+]2CC)Sc2ccc(OC)cc21. The van der Waals surface area contributed by atoms with Crippen LogP contribution in [-0.4, -0.2) is 13.7 Å². The van der Waals surface area contributed by atoms with Crippen LogP contribution in [0.4, 0.5) is 5.69 Å². The van der Waals surface area contributed by atoms with E-state index in [2.05, 4.69) is 108 Å². The molecule has 35 heavy (non-hydrogen) atoms. The number of ether oxygens (including phenoxy) is 1. The smallest absolute Gasteiger partial charge is 0.262 e. The number of rotatable bonds is 7. The number of hydrogen-bond acceptors (Lipinski definition) is 4. The van der Waals surface area contributed by atoms with Crippen LogP contribution >= 0.6 is 23.1 Å². The Morgan fingerprint density at radius 3 is 2.51 bits per heavy atom. The predicted octanol–water partition coefficient (Wildman–Crippen LogP) is 7.87. The van der Waals surface area contributed by atoms with Gasteiger partial charge in [0.15, 0.2) is 0 Å².